The van der Waals surface area contributed by atoms with Gasteiger partial charge in [0.15, 0.2) is 0 Å². The Morgan fingerprint density at radius 3 is 3.18 bits per heavy atom. The molecule has 1 aliphatic rings. The van der Waals surface area contributed by atoms with Crippen LogP contribution in [0.2, 0.25) is 5.02 Å². The molecule has 5 heteroatoms. The van der Waals surface area contributed by atoms with Crippen molar-refractivity contribution in [2.75, 3.05) is 6.79 Å². The minimum atomic E-state index is 0.235. The summed E-state index contributed by atoms with van der Waals surface area (Å²) >= 11 is 7.88. The largest absolute Gasteiger partial charge is 0.451 e. The molecule has 3 nitrogen and oxygen atoms in total. The zero-order chi connectivity index (χ0) is 7.84. The molecule has 0 bridgehead atoms. The Bertz CT molecular complexity index is 305. The molecular formula is C6H3ClINO2. The monoisotopic (exact) mass is 283 g/mol. The van der Waals surface area contributed by atoms with Crippen molar-refractivity contribution in [2.24, 2.45) is 0 Å². The second-order valence-electron chi connectivity index (χ2n) is 1.96. The maximum Gasteiger partial charge on any atom is 0.261 e. The molecule has 0 saturated carbocycles. The maximum absolute atomic E-state index is 5.79. The van der Waals surface area contributed by atoms with Crippen LogP contribution in [-0.4, -0.2) is 11.8 Å². The summed E-state index contributed by atoms with van der Waals surface area (Å²) in [5.41, 5.74) is 0. The number of halogens is 2. The second-order valence-corrected chi connectivity index (χ2v) is 3.45. The fourth-order valence-electron chi connectivity index (χ4n) is 0.805. The van der Waals surface area contributed by atoms with Crippen molar-refractivity contribution in [3.8, 4) is 11.6 Å². The summed E-state index contributed by atoms with van der Waals surface area (Å²) in [6, 6.07) is 0. The first kappa shape index (κ1) is 7.42. The molecule has 0 saturated heterocycles. The molecule has 0 amide bonds. The zero-order valence-corrected chi connectivity index (χ0v) is 8.22. The Balaban J connectivity index is 2.62. The van der Waals surface area contributed by atoms with Gasteiger partial charge in [-0.3, -0.25) is 0 Å². The number of aromatic nitrogens is 1. The third kappa shape index (κ3) is 1.14. The molecule has 0 unspecified atom stereocenters. The quantitative estimate of drug-likeness (QED) is 0.683. The van der Waals surface area contributed by atoms with Crippen LogP contribution in [0.25, 0.3) is 0 Å². The van der Waals surface area contributed by atoms with Gasteiger partial charge in [0.25, 0.3) is 5.88 Å². The van der Waals surface area contributed by atoms with Gasteiger partial charge in [0.05, 0.1) is 14.8 Å². The van der Waals surface area contributed by atoms with Crippen LogP contribution in [0.1, 0.15) is 0 Å². The number of fused-ring (bicyclic) bond motifs is 1. The maximum atomic E-state index is 5.79. The first-order valence-electron chi connectivity index (χ1n) is 2.88. The van der Waals surface area contributed by atoms with Crippen molar-refractivity contribution in [3.63, 3.8) is 0 Å². The van der Waals surface area contributed by atoms with Crippen molar-refractivity contribution in [2.45, 2.75) is 0 Å². The summed E-state index contributed by atoms with van der Waals surface area (Å²) in [7, 11) is 0. The number of hydrogen-bond acceptors (Lipinski definition) is 3. The Morgan fingerprint density at radius 2 is 2.36 bits per heavy atom. The highest BCUT2D eigenvalue weighted by atomic mass is 127. The number of pyridine rings is 1. The summed E-state index contributed by atoms with van der Waals surface area (Å²) in [4.78, 5) is 3.94. The summed E-state index contributed by atoms with van der Waals surface area (Å²) < 4.78 is 11.0. The molecule has 0 aliphatic carbocycles. The highest BCUT2D eigenvalue weighted by Gasteiger charge is 2.19. The van der Waals surface area contributed by atoms with Gasteiger partial charge in [-0.1, -0.05) is 11.6 Å². The lowest BCUT2D eigenvalue weighted by Gasteiger charge is -1.98. The molecule has 1 aromatic rings. The second kappa shape index (κ2) is 2.67. The molecule has 0 N–H and O–H groups in total. The smallest absolute Gasteiger partial charge is 0.261 e. The fourth-order valence-corrected chi connectivity index (χ4v) is 1.47. The van der Waals surface area contributed by atoms with Crippen molar-refractivity contribution in [3.05, 3.63) is 14.8 Å². The van der Waals surface area contributed by atoms with Gasteiger partial charge in [-0.15, -0.1) is 0 Å². The predicted octanol–water partition coefficient (Wildman–Crippen LogP) is 2.07. The van der Waals surface area contributed by atoms with E-state index >= 15 is 0 Å². The van der Waals surface area contributed by atoms with Crippen LogP contribution in [0, 0.1) is 3.57 Å². The Labute approximate surface area is 81.8 Å². The van der Waals surface area contributed by atoms with Crippen LogP contribution in [0.4, 0.5) is 0 Å². The minimum Gasteiger partial charge on any atom is -0.451 e. The number of ether oxygens (including phenoxy) is 2. The van der Waals surface area contributed by atoms with E-state index in [1.807, 2.05) is 0 Å². The lowest BCUT2D eigenvalue weighted by atomic mass is 10.4. The molecule has 1 aliphatic heterocycles. The van der Waals surface area contributed by atoms with Gasteiger partial charge in [0.1, 0.15) is 0 Å². The van der Waals surface area contributed by atoms with Gasteiger partial charge in [0, 0.05) is 0 Å². The molecule has 0 fully saturated rings. The van der Waals surface area contributed by atoms with E-state index in [-0.39, 0.29) is 6.79 Å². The van der Waals surface area contributed by atoms with Gasteiger partial charge in [-0.05, 0) is 22.6 Å². The van der Waals surface area contributed by atoms with Crippen LogP contribution in [0.15, 0.2) is 6.20 Å². The average Bonchev–Trinajstić information content (AvgIpc) is 2.45. The highest BCUT2D eigenvalue weighted by Crippen LogP contribution is 2.37. The van der Waals surface area contributed by atoms with E-state index in [0.717, 1.165) is 3.57 Å². The highest BCUT2D eigenvalue weighted by molar-refractivity contribution is 14.1. The topological polar surface area (TPSA) is 31.4 Å². The molecule has 0 radical (unpaired) electrons. The van der Waals surface area contributed by atoms with E-state index in [9.17, 15) is 0 Å². The normalized spacial score (nSPS) is 13.6. The van der Waals surface area contributed by atoms with Crippen LogP contribution in [-0.2, 0) is 0 Å². The van der Waals surface area contributed by atoms with Gasteiger partial charge in [-0.2, -0.15) is 0 Å². The molecule has 0 atom stereocenters. The van der Waals surface area contributed by atoms with Crippen LogP contribution < -0.4 is 9.47 Å². The standard InChI is InChI=1S/C6H3ClINO2/c7-3-1-9-6-5(4(3)8)10-2-11-6/h1H,2H2. The Kier molecular flexibility index (Phi) is 1.80. The number of hydrogen-bond donors (Lipinski definition) is 0. The minimum absolute atomic E-state index is 0.235. The van der Waals surface area contributed by atoms with Gasteiger partial charge in [0.2, 0.25) is 12.5 Å². The van der Waals surface area contributed by atoms with Crippen molar-refractivity contribution >= 4 is 34.2 Å². The molecule has 11 heavy (non-hydrogen) atoms. The fraction of sp³-hybridized carbons (Fsp3) is 0.167. The SMILES string of the molecule is Clc1cnc2c(c1I)OCO2. The predicted molar refractivity (Wildman–Crippen MR) is 48.1 cm³/mol. The van der Waals surface area contributed by atoms with Gasteiger partial charge in [-0.25, -0.2) is 4.98 Å². The molecule has 2 rings (SSSR count). The average molecular weight is 283 g/mol. The molecular weight excluding hydrogens is 280 g/mol. The first-order chi connectivity index (χ1) is 5.29. The van der Waals surface area contributed by atoms with Crippen molar-refractivity contribution < 1.29 is 9.47 Å². The molecule has 1 aromatic heterocycles. The third-order valence-corrected chi connectivity index (χ3v) is 2.97. The van der Waals surface area contributed by atoms with E-state index in [4.69, 9.17) is 21.1 Å². The van der Waals surface area contributed by atoms with E-state index < -0.39 is 0 Å². The summed E-state index contributed by atoms with van der Waals surface area (Å²) in [6.45, 7) is 0.235. The summed E-state index contributed by atoms with van der Waals surface area (Å²) in [6.07, 6.45) is 1.55. The van der Waals surface area contributed by atoms with E-state index in [1.54, 1.807) is 6.20 Å². The van der Waals surface area contributed by atoms with Crippen molar-refractivity contribution in [1.29, 1.82) is 0 Å². The Morgan fingerprint density at radius 1 is 1.55 bits per heavy atom. The lowest BCUT2D eigenvalue weighted by Crippen LogP contribution is -1.93. The molecule has 2 heterocycles. The van der Waals surface area contributed by atoms with E-state index in [0.29, 0.717) is 16.7 Å². The Hall–Kier alpha value is -0.230. The summed E-state index contributed by atoms with van der Waals surface area (Å²) in [5, 5.41) is 0.592. The number of nitrogens with zero attached hydrogens (tertiary/aromatic N) is 1. The third-order valence-electron chi connectivity index (χ3n) is 1.30. The lowest BCUT2D eigenvalue weighted by molar-refractivity contribution is 0.170. The van der Waals surface area contributed by atoms with E-state index in [1.165, 1.54) is 0 Å². The van der Waals surface area contributed by atoms with Crippen LogP contribution in [0.5, 0.6) is 11.6 Å². The van der Waals surface area contributed by atoms with Gasteiger partial charge < -0.3 is 9.47 Å². The van der Waals surface area contributed by atoms with E-state index in [2.05, 4.69) is 27.6 Å². The molecule has 0 aromatic carbocycles. The van der Waals surface area contributed by atoms with Crippen LogP contribution in [0.3, 0.4) is 0 Å². The van der Waals surface area contributed by atoms with Crippen LogP contribution >= 0.6 is 34.2 Å². The molecule has 0 spiro atoms. The molecule has 58 valence electrons. The number of rotatable bonds is 0. The van der Waals surface area contributed by atoms with Gasteiger partial charge >= 0.3 is 0 Å². The first-order valence-corrected chi connectivity index (χ1v) is 4.34. The summed E-state index contributed by atoms with van der Waals surface area (Å²) in [5.74, 6) is 1.18. The zero-order valence-electron chi connectivity index (χ0n) is 5.30. The van der Waals surface area contributed by atoms with Crippen molar-refractivity contribution in [1.82, 2.24) is 4.98 Å².